The van der Waals surface area contributed by atoms with E-state index in [1.165, 1.54) is 18.2 Å². The number of halogens is 3. The number of carbonyl (C=O) groups excluding carboxylic acids is 1. The number of rotatable bonds is 3. The van der Waals surface area contributed by atoms with E-state index in [0.29, 0.717) is 17.5 Å². The maximum atomic E-state index is 12.6. The van der Waals surface area contributed by atoms with Gasteiger partial charge in [0, 0.05) is 12.1 Å². The highest BCUT2D eigenvalue weighted by Gasteiger charge is 2.31. The standard InChI is InChI=1S/C15H16F3N3O3/c16-15(17,18)8-21-12-4-3-9(6-11(12)19-14(21)24)13(23)20-5-1-2-10(20)7-22/h3-4,6,10,22H,1-2,5,7-8H2,(H,19,24)/t10-/m1/s1. The Hall–Kier alpha value is -2.29. The number of aromatic amines is 1. The highest BCUT2D eigenvalue weighted by molar-refractivity contribution is 5.97. The van der Waals surface area contributed by atoms with Gasteiger partial charge in [-0.25, -0.2) is 4.79 Å². The number of aliphatic hydroxyl groups excluding tert-OH is 1. The molecule has 1 fully saturated rings. The number of aliphatic hydroxyl groups is 1. The first-order valence-electron chi connectivity index (χ1n) is 7.51. The van der Waals surface area contributed by atoms with Crippen LogP contribution < -0.4 is 5.69 Å². The fraction of sp³-hybridized carbons (Fsp3) is 0.467. The summed E-state index contributed by atoms with van der Waals surface area (Å²) in [6.45, 7) is -1.00. The number of likely N-dealkylation sites (tertiary alicyclic amines) is 1. The topological polar surface area (TPSA) is 78.3 Å². The molecule has 2 N–H and O–H groups in total. The molecule has 9 heteroatoms. The Morgan fingerprint density at radius 1 is 1.38 bits per heavy atom. The SMILES string of the molecule is O=C(c1ccc2c(c1)[nH]c(=O)n2CC(F)(F)F)N1CCC[C@@H]1CO. The first kappa shape index (κ1) is 16.6. The lowest BCUT2D eigenvalue weighted by Crippen LogP contribution is -2.37. The van der Waals surface area contributed by atoms with Gasteiger partial charge in [-0.05, 0) is 31.0 Å². The molecule has 0 unspecified atom stereocenters. The second kappa shape index (κ2) is 5.97. The highest BCUT2D eigenvalue weighted by atomic mass is 19.4. The van der Waals surface area contributed by atoms with Gasteiger partial charge in [0.15, 0.2) is 0 Å². The molecule has 0 radical (unpaired) electrons. The summed E-state index contributed by atoms with van der Waals surface area (Å²) in [5.74, 6) is -0.308. The van der Waals surface area contributed by atoms with Gasteiger partial charge in [-0.3, -0.25) is 9.36 Å². The number of benzene rings is 1. The maximum Gasteiger partial charge on any atom is 0.406 e. The van der Waals surface area contributed by atoms with Crippen molar-refractivity contribution >= 4 is 16.9 Å². The Balaban J connectivity index is 1.95. The quantitative estimate of drug-likeness (QED) is 0.886. The zero-order chi connectivity index (χ0) is 17.5. The minimum absolute atomic E-state index is 0.0917. The molecule has 1 amide bonds. The van der Waals surface area contributed by atoms with Crippen LogP contribution in [0.1, 0.15) is 23.2 Å². The summed E-state index contributed by atoms with van der Waals surface area (Å²) < 4.78 is 38.3. The number of H-pyrrole nitrogens is 1. The summed E-state index contributed by atoms with van der Waals surface area (Å²) >= 11 is 0. The number of aromatic nitrogens is 2. The van der Waals surface area contributed by atoms with E-state index >= 15 is 0 Å². The van der Waals surface area contributed by atoms with Crippen LogP contribution in [0.25, 0.3) is 11.0 Å². The molecule has 0 bridgehead atoms. The average molecular weight is 343 g/mol. The van der Waals surface area contributed by atoms with Crippen LogP contribution in [-0.2, 0) is 6.54 Å². The Kier molecular flexibility index (Phi) is 4.12. The third-order valence-corrected chi connectivity index (χ3v) is 4.21. The summed E-state index contributed by atoms with van der Waals surface area (Å²) in [6, 6.07) is 3.86. The Morgan fingerprint density at radius 3 is 2.79 bits per heavy atom. The van der Waals surface area contributed by atoms with E-state index < -0.39 is 18.4 Å². The third-order valence-electron chi connectivity index (χ3n) is 4.21. The van der Waals surface area contributed by atoms with Gasteiger partial charge in [0.2, 0.25) is 0 Å². The minimum atomic E-state index is -4.52. The molecule has 0 saturated carbocycles. The number of fused-ring (bicyclic) bond motifs is 1. The van der Waals surface area contributed by atoms with Crippen LogP contribution in [-0.4, -0.2) is 50.8 Å². The van der Waals surface area contributed by atoms with Gasteiger partial charge in [0.1, 0.15) is 6.54 Å². The Bertz CT molecular complexity index is 825. The first-order valence-corrected chi connectivity index (χ1v) is 7.51. The summed E-state index contributed by atoms with van der Waals surface area (Å²) in [5, 5.41) is 9.30. The molecule has 1 aromatic heterocycles. The number of nitrogens with zero attached hydrogens (tertiary/aromatic N) is 2. The Labute approximate surface area is 134 Å². The molecule has 1 aliphatic rings. The zero-order valence-corrected chi connectivity index (χ0v) is 12.6. The summed E-state index contributed by atoms with van der Waals surface area (Å²) in [7, 11) is 0. The number of carbonyl (C=O) groups is 1. The van der Waals surface area contributed by atoms with Crippen LogP contribution in [0.2, 0.25) is 0 Å². The third kappa shape index (κ3) is 3.03. The lowest BCUT2D eigenvalue weighted by atomic mass is 10.1. The van der Waals surface area contributed by atoms with E-state index in [1.807, 2.05) is 0 Å². The molecule has 6 nitrogen and oxygen atoms in total. The van der Waals surface area contributed by atoms with Crippen molar-refractivity contribution < 1.29 is 23.1 Å². The van der Waals surface area contributed by atoms with Crippen LogP contribution in [0.15, 0.2) is 23.0 Å². The van der Waals surface area contributed by atoms with Crippen molar-refractivity contribution in [2.45, 2.75) is 31.6 Å². The van der Waals surface area contributed by atoms with Gasteiger partial charge in [-0.1, -0.05) is 0 Å². The smallest absolute Gasteiger partial charge is 0.394 e. The van der Waals surface area contributed by atoms with Gasteiger partial charge < -0.3 is 15.0 Å². The fourth-order valence-corrected chi connectivity index (χ4v) is 3.09. The fourth-order valence-electron chi connectivity index (χ4n) is 3.09. The van der Waals surface area contributed by atoms with Gasteiger partial charge in [0.05, 0.1) is 23.7 Å². The van der Waals surface area contributed by atoms with Crippen molar-refractivity contribution in [1.29, 1.82) is 0 Å². The molecule has 130 valence electrons. The molecule has 0 spiro atoms. The van der Waals surface area contributed by atoms with Crippen molar-refractivity contribution in [1.82, 2.24) is 14.5 Å². The molecular formula is C15H16F3N3O3. The van der Waals surface area contributed by atoms with E-state index in [4.69, 9.17) is 0 Å². The van der Waals surface area contributed by atoms with Crippen molar-refractivity contribution in [3.63, 3.8) is 0 Å². The van der Waals surface area contributed by atoms with E-state index in [2.05, 4.69) is 4.98 Å². The molecular weight excluding hydrogens is 327 g/mol. The highest BCUT2D eigenvalue weighted by Crippen LogP contribution is 2.23. The lowest BCUT2D eigenvalue weighted by molar-refractivity contribution is -0.140. The largest absolute Gasteiger partial charge is 0.406 e. The molecule has 1 atom stereocenters. The van der Waals surface area contributed by atoms with Gasteiger partial charge >= 0.3 is 11.9 Å². The summed E-state index contributed by atoms with van der Waals surface area (Å²) in [6.07, 6.45) is -3.02. The zero-order valence-electron chi connectivity index (χ0n) is 12.6. The Morgan fingerprint density at radius 2 is 2.12 bits per heavy atom. The van der Waals surface area contributed by atoms with Crippen LogP contribution in [0.4, 0.5) is 13.2 Å². The van der Waals surface area contributed by atoms with Gasteiger partial charge in [-0.15, -0.1) is 0 Å². The summed E-state index contributed by atoms with van der Waals surface area (Å²) in [5.41, 5.74) is -0.339. The molecule has 2 aromatic rings. The van der Waals surface area contributed by atoms with E-state index in [9.17, 15) is 27.9 Å². The average Bonchev–Trinajstić information content (AvgIpc) is 3.10. The van der Waals surface area contributed by atoms with E-state index in [1.54, 1.807) is 4.90 Å². The molecule has 0 aliphatic carbocycles. The molecule has 2 heterocycles. The second-order valence-electron chi connectivity index (χ2n) is 5.84. The van der Waals surface area contributed by atoms with Crippen molar-refractivity contribution in [3.05, 3.63) is 34.2 Å². The molecule has 1 aromatic carbocycles. The number of hydrogen-bond acceptors (Lipinski definition) is 3. The van der Waals surface area contributed by atoms with Gasteiger partial charge in [-0.2, -0.15) is 13.2 Å². The van der Waals surface area contributed by atoms with Crippen LogP contribution in [0, 0.1) is 0 Å². The summed E-state index contributed by atoms with van der Waals surface area (Å²) in [4.78, 5) is 28.1. The van der Waals surface area contributed by atoms with E-state index in [0.717, 1.165) is 6.42 Å². The second-order valence-corrected chi connectivity index (χ2v) is 5.84. The number of imidazole rings is 1. The number of hydrogen-bond donors (Lipinski definition) is 2. The molecule has 1 saturated heterocycles. The predicted octanol–water partition coefficient (Wildman–Crippen LogP) is 1.49. The van der Waals surface area contributed by atoms with Crippen molar-refractivity contribution in [2.75, 3.05) is 13.2 Å². The number of amides is 1. The normalized spacial score (nSPS) is 18.5. The molecule has 1 aliphatic heterocycles. The predicted molar refractivity (Wildman–Crippen MR) is 79.8 cm³/mol. The molecule has 3 rings (SSSR count). The van der Waals surface area contributed by atoms with Crippen LogP contribution in [0.3, 0.4) is 0 Å². The number of alkyl halides is 3. The van der Waals surface area contributed by atoms with Crippen LogP contribution in [0.5, 0.6) is 0 Å². The van der Waals surface area contributed by atoms with E-state index in [-0.39, 0.29) is 35.2 Å². The molecule has 24 heavy (non-hydrogen) atoms. The minimum Gasteiger partial charge on any atom is -0.394 e. The first-order chi connectivity index (χ1) is 11.3. The number of nitrogens with one attached hydrogen (secondary N) is 1. The van der Waals surface area contributed by atoms with Crippen molar-refractivity contribution in [3.8, 4) is 0 Å². The lowest BCUT2D eigenvalue weighted by Gasteiger charge is -2.23. The monoisotopic (exact) mass is 343 g/mol. The van der Waals surface area contributed by atoms with Gasteiger partial charge in [0.25, 0.3) is 5.91 Å². The van der Waals surface area contributed by atoms with Crippen LogP contribution >= 0.6 is 0 Å². The maximum absolute atomic E-state index is 12.6. The van der Waals surface area contributed by atoms with Crippen molar-refractivity contribution in [2.24, 2.45) is 0 Å².